The first-order valence-electron chi connectivity index (χ1n) is 3.39. The zero-order valence-electron chi connectivity index (χ0n) is 5.73. The molecule has 2 rings (SSSR count). The molecule has 0 bridgehead atoms. The minimum absolute atomic E-state index is 0.0764. The molecule has 3 heteroatoms. The monoisotopic (exact) mass is 232 g/mol. The van der Waals surface area contributed by atoms with Crippen molar-refractivity contribution in [3.63, 3.8) is 0 Å². The lowest BCUT2D eigenvalue weighted by molar-refractivity contribution is 0.602. The Kier molecular flexibility index (Phi) is 1.93. The van der Waals surface area contributed by atoms with Crippen LogP contribution in [-0.4, -0.2) is 5.75 Å². The number of halogens is 2. The zero-order valence-corrected chi connectivity index (χ0v) is 8.14. The Labute approximate surface area is 77.3 Å². The standard InChI is InChI=1S/C8H6BrFS/c9-6-1-2-7-5(8(6)10)3-4-11-7/h1-2H,3-4H2. The van der Waals surface area contributed by atoms with Crippen LogP contribution in [0.4, 0.5) is 4.39 Å². The molecule has 1 aliphatic rings. The van der Waals surface area contributed by atoms with Gasteiger partial charge in [0.2, 0.25) is 0 Å². The van der Waals surface area contributed by atoms with Gasteiger partial charge in [0, 0.05) is 16.2 Å². The molecule has 0 radical (unpaired) electrons. The van der Waals surface area contributed by atoms with Crippen LogP contribution in [0.2, 0.25) is 0 Å². The van der Waals surface area contributed by atoms with Gasteiger partial charge >= 0.3 is 0 Å². The number of hydrogen-bond donors (Lipinski definition) is 0. The topological polar surface area (TPSA) is 0 Å². The highest BCUT2D eigenvalue weighted by atomic mass is 79.9. The minimum Gasteiger partial charge on any atom is -0.205 e. The molecule has 58 valence electrons. The predicted octanol–water partition coefficient (Wildman–Crippen LogP) is 3.24. The van der Waals surface area contributed by atoms with Gasteiger partial charge in [-0.3, -0.25) is 0 Å². The Hall–Kier alpha value is -0.0200. The van der Waals surface area contributed by atoms with E-state index in [-0.39, 0.29) is 5.82 Å². The van der Waals surface area contributed by atoms with Crippen molar-refractivity contribution in [3.8, 4) is 0 Å². The molecule has 0 atom stereocenters. The summed E-state index contributed by atoms with van der Waals surface area (Å²) in [6.07, 6.45) is 0.866. The van der Waals surface area contributed by atoms with Gasteiger partial charge in [-0.15, -0.1) is 11.8 Å². The molecule has 0 saturated carbocycles. The lowest BCUT2D eigenvalue weighted by atomic mass is 10.2. The molecule has 0 amide bonds. The molecule has 0 nitrogen and oxygen atoms in total. The fraction of sp³-hybridized carbons (Fsp3) is 0.250. The second kappa shape index (κ2) is 2.79. The van der Waals surface area contributed by atoms with Crippen LogP contribution in [0.1, 0.15) is 5.56 Å². The average Bonchev–Trinajstić information content (AvgIpc) is 2.45. The second-order valence-corrected chi connectivity index (χ2v) is 4.43. The van der Waals surface area contributed by atoms with Crippen molar-refractivity contribution in [1.29, 1.82) is 0 Å². The fourth-order valence-corrected chi connectivity index (χ4v) is 2.63. The van der Waals surface area contributed by atoms with E-state index in [1.165, 1.54) is 0 Å². The predicted molar refractivity (Wildman–Crippen MR) is 48.5 cm³/mol. The molecule has 1 aliphatic heterocycles. The quantitative estimate of drug-likeness (QED) is 0.662. The van der Waals surface area contributed by atoms with Crippen molar-refractivity contribution in [2.45, 2.75) is 11.3 Å². The summed E-state index contributed by atoms with van der Waals surface area (Å²) in [6.45, 7) is 0. The molecule has 0 saturated heterocycles. The summed E-state index contributed by atoms with van der Waals surface area (Å²) in [4.78, 5) is 1.10. The Morgan fingerprint density at radius 3 is 3.09 bits per heavy atom. The first-order valence-corrected chi connectivity index (χ1v) is 5.16. The van der Waals surface area contributed by atoms with Gasteiger partial charge in [0.1, 0.15) is 5.82 Å². The highest BCUT2D eigenvalue weighted by molar-refractivity contribution is 9.10. The number of rotatable bonds is 0. The molecule has 11 heavy (non-hydrogen) atoms. The molecule has 0 fully saturated rings. The third kappa shape index (κ3) is 1.20. The van der Waals surface area contributed by atoms with Crippen molar-refractivity contribution >= 4 is 27.7 Å². The number of benzene rings is 1. The summed E-state index contributed by atoms with van der Waals surface area (Å²) >= 11 is 4.89. The molecule has 0 aliphatic carbocycles. The van der Waals surface area contributed by atoms with E-state index in [1.807, 2.05) is 6.07 Å². The van der Waals surface area contributed by atoms with Gasteiger partial charge in [-0.25, -0.2) is 4.39 Å². The summed E-state index contributed by atoms with van der Waals surface area (Å²) in [7, 11) is 0. The van der Waals surface area contributed by atoms with E-state index in [0.29, 0.717) is 4.47 Å². The van der Waals surface area contributed by atoms with Crippen LogP contribution in [-0.2, 0) is 6.42 Å². The van der Waals surface area contributed by atoms with Crippen molar-refractivity contribution in [3.05, 3.63) is 28.0 Å². The molecule has 1 heterocycles. The minimum atomic E-state index is -0.0764. The van der Waals surface area contributed by atoms with E-state index in [1.54, 1.807) is 17.8 Å². The second-order valence-electron chi connectivity index (χ2n) is 2.44. The Balaban J connectivity index is 2.62. The van der Waals surface area contributed by atoms with E-state index in [9.17, 15) is 4.39 Å². The van der Waals surface area contributed by atoms with Gasteiger partial charge < -0.3 is 0 Å². The van der Waals surface area contributed by atoms with Crippen LogP contribution in [0.25, 0.3) is 0 Å². The van der Waals surface area contributed by atoms with Crippen molar-refractivity contribution in [2.24, 2.45) is 0 Å². The first-order chi connectivity index (χ1) is 5.29. The lowest BCUT2D eigenvalue weighted by Crippen LogP contribution is -1.88. The van der Waals surface area contributed by atoms with Crippen LogP contribution in [0.5, 0.6) is 0 Å². The Morgan fingerprint density at radius 1 is 1.45 bits per heavy atom. The fourth-order valence-electron chi connectivity index (χ4n) is 1.21. The molecule has 0 aromatic heterocycles. The maximum Gasteiger partial charge on any atom is 0.141 e. The zero-order chi connectivity index (χ0) is 7.84. The van der Waals surface area contributed by atoms with Gasteiger partial charge in [0.25, 0.3) is 0 Å². The number of thioether (sulfide) groups is 1. The van der Waals surface area contributed by atoms with E-state index in [0.717, 1.165) is 22.6 Å². The van der Waals surface area contributed by atoms with Crippen LogP contribution < -0.4 is 0 Å². The third-order valence-corrected chi connectivity index (χ3v) is 3.48. The van der Waals surface area contributed by atoms with Gasteiger partial charge in [-0.05, 0) is 34.5 Å². The molecule has 1 aromatic carbocycles. The van der Waals surface area contributed by atoms with E-state index in [2.05, 4.69) is 15.9 Å². The average molecular weight is 233 g/mol. The maximum absolute atomic E-state index is 13.2. The van der Waals surface area contributed by atoms with Crippen LogP contribution in [0.3, 0.4) is 0 Å². The van der Waals surface area contributed by atoms with Crippen molar-refractivity contribution in [2.75, 3.05) is 5.75 Å². The summed E-state index contributed by atoms with van der Waals surface area (Å²) in [6, 6.07) is 3.74. The summed E-state index contributed by atoms with van der Waals surface area (Å²) in [5.74, 6) is 0.940. The van der Waals surface area contributed by atoms with Gasteiger partial charge in [0.05, 0.1) is 4.47 Å². The smallest absolute Gasteiger partial charge is 0.141 e. The van der Waals surface area contributed by atoms with Crippen molar-refractivity contribution in [1.82, 2.24) is 0 Å². The van der Waals surface area contributed by atoms with Crippen LogP contribution in [0, 0.1) is 5.82 Å². The molecule has 0 N–H and O–H groups in total. The summed E-state index contributed by atoms with van der Waals surface area (Å²) < 4.78 is 13.8. The first kappa shape index (κ1) is 7.62. The highest BCUT2D eigenvalue weighted by Gasteiger charge is 2.16. The van der Waals surface area contributed by atoms with Crippen LogP contribution in [0.15, 0.2) is 21.5 Å². The summed E-state index contributed by atoms with van der Waals surface area (Å²) in [5.41, 5.74) is 0.879. The normalized spacial score (nSPS) is 15.1. The molecular weight excluding hydrogens is 227 g/mol. The van der Waals surface area contributed by atoms with Gasteiger partial charge in [0.15, 0.2) is 0 Å². The van der Waals surface area contributed by atoms with Crippen molar-refractivity contribution < 1.29 is 4.39 Å². The van der Waals surface area contributed by atoms with E-state index >= 15 is 0 Å². The van der Waals surface area contributed by atoms with E-state index in [4.69, 9.17) is 0 Å². The lowest BCUT2D eigenvalue weighted by Gasteiger charge is -2.00. The maximum atomic E-state index is 13.2. The number of hydrogen-bond acceptors (Lipinski definition) is 1. The SMILES string of the molecule is Fc1c(Br)ccc2c1CCS2. The van der Waals surface area contributed by atoms with E-state index < -0.39 is 0 Å². The molecule has 1 aromatic rings. The largest absolute Gasteiger partial charge is 0.205 e. The van der Waals surface area contributed by atoms with Gasteiger partial charge in [-0.2, -0.15) is 0 Å². The number of fused-ring (bicyclic) bond motifs is 1. The van der Waals surface area contributed by atoms with Crippen LogP contribution >= 0.6 is 27.7 Å². The Morgan fingerprint density at radius 2 is 2.27 bits per heavy atom. The Bertz CT molecular complexity index is 298. The molecule has 0 unspecified atom stereocenters. The summed E-state index contributed by atoms with van der Waals surface area (Å²) in [5, 5.41) is 0. The third-order valence-electron chi connectivity index (χ3n) is 1.76. The van der Waals surface area contributed by atoms with Gasteiger partial charge in [-0.1, -0.05) is 0 Å². The molecular formula is C8H6BrFS. The molecule has 0 spiro atoms. The highest BCUT2D eigenvalue weighted by Crippen LogP contribution is 2.35.